The number of hydrogen-bond acceptors (Lipinski definition) is 3. The van der Waals surface area contributed by atoms with E-state index in [1.165, 1.54) is 23.1 Å². The molecule has 0 saturated heterocycles. The molecule has 20 heavy (non-hydrogen) atoms. The molecule has 1 aromatic rings. The van der Waals surface area contributed by atoms with E-state index < -0.39 is 0 Å². The second-order valence-electron chi connectivity index (χ2n) is 5.17. The van der Waals surface area contributed by atoms with Gasteiger partial charge in [0, 0.05) is 0 Å². The van der Waals surface area contributed by atoms with Crippen LogP contribution in [0.15, 0.2) is 17.7 Å². The Morgan fingerprint density at radius 3 is 2.20 bits per heavy atom. The molecule has 3 nitrogen and oxygen atoms in total. The lowest BCUT2D eigenvalue weighted by Crippen LogP contribution is -2.20. The van der Waals surface area contributed by atoms with E-state index in [9.17, 15) is 0 Å². The topological polar surface area (TPSA) is 21.7 Å². The second-order valence-corrected chi connectivity index (χ2v) is 5.17. The summed E-state index contributed by atoms with van der Waals surface area (Å²) in [4.78, 5) is 2.26. The van der Waals surface area contributed by atoms with Gasteiger partial charge in [0.2, 0.25) is 0 Å². The van der Waals surface area contributed by atoms with Crippen molar-refractivity contribution in [2.45, 2.75) is 25.8 Å². The molecular formula is C16H24ClNO2. The monoisotopic (exact) mass is 297 g/mol. The molecule has 1 aromatic carbocycles. The first-order chi connectivity index (χ1) is 9.12. The molecule has 0 heterocycles. The zero-order chi connectivity index (χ0) is 14.0. The lowest BCUT2D eigenvalue weighted by atomic mass is 9.99. The van der Waals surface area contributed by atoms with E-state index in [4.69, 9.17) is 9.47 Å². The molecule has 0 fully saturated rings. The Hall–Kier alpha value is -1.19. The van der Waals surface area contributed by atoms with E-state index in [1.807, 2.05) is 0 Å². The molecule has 1 atom stereocenters. The van der Waals surface area contributed by atoms with Crippen LogP contribution in [0.2, 0.25) is 0 Å². The van der Waals surface area contributed by atoms with Crippen molar-refractivity contribution in [3.05, 3.63) is 28.8 Å². The zero-order valence-corrected chi connectivity index (χ0v) is 13.7. The summed E-state index contributed by atoms with van der Waals surface area (Å²) in [6, 6.07) is 4.54. The van der Waals surface area contributed by atoms with Gasteiger partial charge in [-0.3, -0.25) is 4.90 Å². The van der Waals surface area contributed by atoms with Crippen molar-refractivity contribution < 1.29 is 9.47 Å². The first-order valence-corrected chi connectivity index (χ1v) is 6.75. The molecule has 0 amide bonds. The molecule has 1 aliphatic carbocycles. The average molecular weight is 298 g/mol. The number of methoxy groups -OCH3 is 2. The average Bonchev–Trinajstić information content (AvgIpc) is 2.74. The summed E-state index contributed by atoms with van der Waals surface area (Å²) in [6.07, 6.45) is 4.59. The zero-order valence-electron chi connectivity index (χ0n) is 12.9. The lowest BCUT2D eigenvalue weighted by Gasteiger charge is -2.24. The van der Waals surface area contributed by atoms with Crippen LogP contribution < -0.4 is 9.47 Å². The number of fused-ring (bicyclic) bond motifs is 1. The van der Waals surface area contributed by atoms with Gasteiger partial charge in [0.05, 0.1) is 20.3 Å². The van der Waals surface area contributed by atoms with Gasteiger partial charge >= 0.3 is 0 Å². The van der Waals surface area contributed by atoms with Crippen LogP contribution in [0.5, 0.6) is 11.5 Å². The van der Waals surface area contributed by atoms with Gasteiger partial charge in [-0.2, -0.15) is 0 Å². The summed E-state index contributed by atoms with van der Waals surface area (Å²) in [5.41, 5.74) is 4.03. The number of ether oxygens (including phenoxy) is 2. The number of benzene rings is 1. The Morgan fingerprint density at radius 2 is 1.70 bits per heavy atom. The Labute approximate surface area is 128 Å². The van der Waals surface area contributed by atoms with E-state index in [2.05, 4.69) is 44.1 Å². The first kappa shape index (κ1) is 16.9. The van der Waals surface area contributed by atoms with Gasteiger partial charge in [0.1, 0.15) is 0 Å². The van der Waals surface area contributed by atoms with Gasteiger partial charge in [-0.1, -0.05) is 19.4 Å². The largest absolute Gasteiger partial charge is 0.493 e. The molecule has 112 valence electrons. The molecular weight excluding hydrogens is 274 g/mol. The number of nitrogens with zero attached hydrogens (tertiary/aromatic N) is 1. The predicted molar refractivity (Wildman–Crippen MR) is 86.1 cm³/mol. The summed E-state index contributed by atoms with van der Waals surface area (Å²) in [7, 11) is 7.61. The summed E-state index contributed by atoms with van der Waals surface area (Å²) in [6.45, 7) is 2.22. The summed E-state index contributed by atoms with van der Waals surface area (Å²) >= 11 is 0. The second kappa shape index (κ2) is 7.00. The quantitative estimate of drug-likeness (QED) is 0.822. The van der Waals surface area contributed by atoms with Gasteiger partial charge in [0.15, 0.2) is 11.5 Å². The standard InChI is InChI=1S/C16H23NO2.ClH/c1-6-7-11-8-12-9-14(18-4)15(19-5)10-13(12)16(11)17(2)3;/h8-10,16H,6-7H2,1-5H3;1H. The van der Waals surface area contributed by atoms with Gasteiger partial charge in [-0.05, 0) is 49.3 Å². The molecule has 0 spiro atoms. The van der Waals surface area contributed by atoms with Gasteiger partial charge in [-0.15, -0.1) is 12.4 Å². The molecule has 0 aliphatic heterocycles. The molecule has 0 N–H and O–H groups in total. The Kier molecular flexibility index (Phi) is 5.90. The van der Waals surface area contributed by atoms with Crippen molar-refractivity contribution in [2.75, 3.05) is 28.3 Å². The van der Waals surface area contributed by atoms with Crippen molar-refractivity contribution >= 4 is 18.5 Å². The third-order valence-electron chi connectivity index (χ3n) is 3.63. The Balaban J connectivity index is 0.00000200. The highest BCUT2D eigenvalue weighted by molar-refractivity contribution is 5.85. The molecule has 1 unspecified atom stereocenters. The van der Waals surface area contributed by atoms with Gasteiger partial charge in [-0.25, -0.2) is 0 Å². The number of halogens is 1. The van der Waals surface area contributed by atoms with Crippen LogP contribution in [0, 0.1) is 0 Å². The van der Waals surface area contributed by atoms with Crippen molar-refractivity contribution in [3.8, 4) is 11.5 Å². The molecule has 4 heteroatoms. The highest BCUT2D eigenvalue weighted by atomic mass is 35.5. The molecule has 0 radical (unpaired) electrons. The third-order valence-corrected chi connectivity index (χ3v) is 3.63. The number of likely N-dealkylation sites (N-methyl/N-ethyl adjacent to an activating group) is 1. The van der Waals surface area contributed by atoms with Crippen molar-refractivity contribution in [1.82, 2.24) is 4.90 Å². The fourth-order valence-electron chi connectivity index (χ4n) is 2.86. The maximum Gasteiger partial charge on any atom is 0.161 e. The summed E-state index contributed by atoms with van der Waals surface area (Å²) in [5, 5.41) is 0. The highest BCUT2D eigenvalue weighted by Gasteiger charge is 2.28. The Bertz CT molecular complexity index is 497. The van der Waals surface area contributed by atoms with Crippen LogP contribution in [-0.4, -0.2) is 33.2 Å². The van der Waals surface area contributed by atoms with Crippen LogP contribution in [-0.2, 0) is 0 Å². The summed E-state index contributed by atoms with van der Waals surface area (Å²) in [5.74, 6) is 1.60. The minimum absolute atomic E-state index is 0. The van der Waals surface area contributed by atoms with Crippen molar-refractivity contribution in [3.63, 3.8) is 0 Å². The maximum atomic E-state index is 5.42. The van der Waals surface area contributed by atoms with E-state index in [-0.39, 0.29) is 12.4 Å². The highest BCUT2D eigenvalue weighted by Crippen LogP contribution is 2.44. The van der Waals surface area contributed by atoms with Crippen LogP contribution in [0.25, 0.3) is 6.08 Å². The van der Waals surface area contributed by atoms with Gasteiger partial charge in [0.25, 0.3) is 0 Å². The predicted octanol–water partition coefficient (Wildman–Crippen LogP) is 3.93. The van der Waals surface area contributed by atoms with E-state index >= 15 is 0 Å². The van der Waals surface area contributed by atoms with Gasteiger partial charge < -0.3 is 9.47 Å². The molecule has 0 bridgehead atoms. The first-order valence-electron chi connectivity index (χ1n) is 6.75. The molecule has 2 rings (SSSR count). The SMILES string of the molecule is CCCC1=Cc2cc(OC)c(OC)cc2C1N(C)C.Cl. The number of rotatable bonds is 5. The summed E-state index contributed by atoms with van der Waals surface area (Å²) < 4.78 is 10.8. The van der Waals surface area contributed by atoms with E-state index in [0.717, 1.165) is 17.9 Å². The van der Waals surface area contributed by atoms with E-state index in [0.29, 0.717) is 6.04 Å². The molecule has 0 saturated carbocycles. The minimum atomic E-state index is 0. The van der Waals surface area contributed by atoms with Crippen LogP contribution in [0.3, 0.4) is 0 Å². The molecule has 0 aromatic heterocycles. The normalized spacial score (nSPS) is 16.5. The van der Waals surface area contributed by atoms with E-state index in [1.54, 1.807) is 14.2 Å². The smallest absolute Gasteiger partial charge is 0.161 e. The molecule has 1 aliphatic rings. The third kappa shape index (κ3) is 2.94. The van der Waals surface area contributed by atoms with Crippen LogP contribution >= 0.6 is 12.4 Å². The lowest BCUT2D eigenvalue weighted by molar-refractivity contribution is 0.330. The number of hydrogen-bond donors (Lipinski definition) is 0. The maximum absolute atomic E-state index is 5.42. The fraction of sp³-hybridized carbons (Fsp3) is 0.500. The van der Waals surface area contributed by atoms with Crippen molar-refractivity contribution in [1.29, 1.82) is 0 Å². The van der Waals surface area contributed by atoms with Crippen LogP contribution in [0.1, 0.15) is 36.9 Å². The Morgan fingerprint density at radius 1 is 1.10 bits per heavy atom. The van der Waals surface area contributed by atoms with Crippen LogP contribution in [0.4, 0.5) is 0 Å². The minimum Gasteiger partial charge on any atom is -0.493 e. The fourth-order valence-corrected chi connectivity index (χ4v) is 2.86. The van der Waals surface area contributed by atoms with Crippen molar-refractivity contribution in [2.24, 2.45) is 0 Å².